The number of rotatable bonds is 9. The van der Waals surface area contributed by atoms with Crippen molar-refractivity contribution in [2.45, 2.75) is 19.1 Å². The molecule has 0 bridgehead atoms. The summed E-state index contributed by atoms with van der Waals surface area (Å²) in [6, 6.07) is 20.2. The number of pyridine rings is 1. The number of nitrogens with zero attached hydrogens (tertiary/aromatic N) is 3. The van der Waals surface area contributed by atoms with Gasteiger partial charge in [0.15, 0.2) is 0 Å². The number of carbonyl (C=O) groups is 2. The van der Waals surface area contributed by atoms with Gasteiger partial charge >= 0.3 is 5.97 Å². The van der Waals surface area contributed by atoms with Crippen molar-refractivity contribution in [1.29, 1.82) is 0 Å². The minimum absolute atomic E-state index is 0.0102. The molecule has 8 heteroatoms. The van der Waals surface area contributed by atoms with Crippen molar-refractivity contribution in [2.75, 3.05) is 23.3 Å². The second-order valence-corrected chi connectivity index (χ2v) is 8.72. The number of carbonyl (C=O) groups excluding carboxylic acids is 1. The smallest absolute Gasteiger partial charge is 0.336 e. The summed E-state index contributed by atoms with van der Waals surface area (Å²) in [6.07, 6.45) is 7.46. The lowest BCUT2D eigenvalue weighted by atomic mass is 10.0. The molecule has 1 amide bonds. The minimum Gasteiger partial charge on any atom is -0.487 e. The van der Waals surface area contributed by atoms with Gasteiger partial charge in [-0.1, -0.05) is 12.1 Å². The lowest BCUT2D eigenvalue weighted by Crippen LogP contribution is -2.54. The van der Waals surface area contributed by atoms with Crippen LogP contribution in [0.1, 0.15) is 21.5 Å². The Morgan fingerprint density at radius 1 is 1.00 bits per heavy atom. The molecule has 0 saturated carbocycles. The molecule has 5 rings (SSSR count). The Morgan fingerprint density at radius 2 is 1.78 bits per heavy atom. The summed E-state index contributed by atoms with van der Waals surface area (Å²) >= 11 is 0. The van der Waals surface area contributed by atoms with Crippen LogP contribution < -0.4 is 15.0 Å². The van der Waals surface area contributed by atoms with Gasteiger partial charge in [-0.2, -0.15) is 0 Å². The van der Waals surface area contributed by atoms with Gasteiger partial charge in [0.05, 0.1) is 25.1 Å². The van der Waals surface area contributed by atoms with Gasteiger partial charge in [0, 0.05) is 48.3 Å². The van der Waals surface area contributed by atoms with Gasteiger partial charge in [0.25, 0.3) is 0 Å². The standard InChI is InChI=1S/C28H26N4O4/c33-27(15-20-5-4-12-29-16-20)30-21-8-10-22(11-9-21)36-23-17-32(18-23)26-7-3-6-24(28(34)35)25(26)19-31-13-1-2-14-31/h1-14,16,23H,15,17-19H2,(H,30,33)(H,34,35). The van der Waals surface area contributed by atoms with Crippen molar-refractivity contribution in [3.63, 3.8) is 0 Å². The number of carboxylic acid groups (broad SMARTS) is 1. The number of aromatic carboxylic acids is 1. The minimum atomic E-state index is -0.931. The van der Waals surface area contributed by atoms with E-state index in [1.807, 2.05) is 71.6 Å². The van der Waals surface area contributed by atoms with E-state index in [2.05, 4.69) is 15.2 Å². The SMILES string of the molecule is O=C(Cc1cccnc1)Nc1ccc(OC2CN(c3cccc(C(=O)O)c3Cn3cccc3)C2)cc1. The highest BCUT2D eigenvalue weighted by Crippen LogP contribution is 2.31. The summed E-state index contributed by atoms with van der Waals surface area (Å²) in [5.41, 5.74) is 3.56. The monoisotopic (exact) mass is 482 g/mol. The average Bonchev–Trinajstić information content (AvgIpc) is 3.36. The van der Waals surface area contributed by atoms with Crippen molar-refractivity contribution in [2.24, 2.45) is 0 Å². The van der Waals surface area contributed by atoms with E-state index in [0.29, 0.717) is 30.9 Å². The van der Waals surface area contributed by atoms with Crippen molar-refractivity contribution in [3.05, 3.63) is 108 Å². The zero-order chi connectivity index (χ0) is 24.9. The molecular formula is C28H26N4O4. The van der Waals surface area contributed by atoms with Gasteiger partial charge in [0.2, 0.25) is 5.91 Å². The molecule has 0 aliphatic carbocycles. The molecule has 1 aliphatic heterocycles. The van der Waals surface area contributed by atoms with E-state index in [-0.39, 0.29) is 18.4 Å². The fourth-order valence-electron chi connectivity index (χ4n) is 4.31. The summed E-state index contributed by atoms with van der Waals surface area (Å²) in [5, 5.41) is 12.6. The van der Waals surface area contributed by atoms with Crippen LogP contribution in [0, 0.1) is 0 Å². The van der Waals surface area contributed by atoms with Crippen LogP contribution in [-0.2, 0) is 17.8 Å². The molecule has 0 unspecified atom stereocenters. The predicted molar refractivity (Wildman–Crippen MR) is 137 cm³/mol. The predicted octanol–water partition coefficient (Wildman–Crippen LogP) is 4.08. The number of anilines is 2. The molecule has 2 aromatic heterocycles. The van der Waals surface area contributed by atoms with E-state index in [9.17, 15) is 14.7 Å². The number of amides is 1. The van der Waals surface area contributed by atoms with E-state index in [4.69, 9.17) is 4.74 Å². The van der Waals surface area contributed by atoms with Crippen LogP contribution in [0.4, 0.5) is 11.4 Å². The number of nitrogens with one attached hydrogen (secondary N) is 1. The van der Waals surface area contributed by atoms with E-state index in [1.165, 1.54) is 0 Å². The Kier molecular flexibility index (Phi) is 6.66. The molecule has 1 aliphatic rings. The van der Waals surface area contributed by atoms with Crippen LogP contribution in [0.3, 0.4) is 0 Å². The number of hydrogen-bond acceptors (Lipinski definition) is 5. The number of carboxylic acids is 1. The molecule has 0 atom stereocenters. The lowest BCUT2D eigenvalue weighted by molar-refractivity contribution is -0.115. The molecule has 3 heterocycles. The van der Waals surface area contributed by atoms with Crippen molar-refractivity contribution >= 4 is 23.3 Å². The van der Waals surface area contributed by atoms with Crippen molar-refractivity contribution < 1.29 is 19.4 Å². The topological polar surface area (TPSA) is 96.7 Å². The molecule has 2 aromatic carbocycles. The molecule has 1 saturated heterocycles. The number of aromatic nitrogens is 2. The second-order valence-electron chi connectivity index (χ2n) is 8.72. The highest BCUT2D eigenvalue weighted by atomic mass is 16.5. The largest absolute Gasteiger partial charge is 0.487 e. The third-order valence-electron chi connectivity index (χ3n) is 6.11. The molecule has 182 valence electrons. The Labute approximate surface area is 208 Å². The third-order valence-corrected chi connectivity index (χ3v) is 6.11. The molecule has 8 nitrogen and oxygen atoms in total. The van der Waals surface area contributed by atoms with Crippen LogP contribution in [0.2, 0.25) is 0 Å². The first-order chi connectivity index (χ1) is 17.5. The fourth-order valence-corrected chi connectivity index (χ4v) is 4.31. The van der Waals surface area contributed by atoms with Gasteiger partial charge in [-0.15, -0.1) is 0 Å². The maximum absolute atomic E-state index is 12.3. The first kappa shape index (κ1) is 23.2. The zero-order valence-corrected chi connectivity index (χ0v) is 19.6. The zero-order valence-electron chi connectivity index (χ0n) is 19.6. The van der Waals surface area contributed by atoms with Crippen LogP contribution in [0.5, 0.6) is 5.75 Å². The first-order valence-electron chi connectivity index (χ1n) is 11.7. The van der Waals surface area contributed by atoms with Crippen LogP contribution in [0.15, 0.2) is 91.5 Å². The van der Waals surface area contributed by atoms with E-state index >= 15 is 0 Å². The normalized spacial score (nSPS) is 13.2. The van der Waals surface area contributed by atoms with Gasteiger partial charge in [-0.25, -0.2) is 4.79 Å². The Balaban J connectivity index is 1.18. The second kappa shape index (κ2) is 10.4. The summed E-state index contributed by atoms with van der Waals surface area (Å²) in [7, 11) is 0. The summed E-state index contributed by atoms with van der Waals surface area (Å²) < 4.78 is 8.07. The number of benzene rings is 2. The fraction of sp³-hybridized carbons (Fsp3) is 0.179. The molecular weight excluding hydrogens is 456 g/mol. The van der Waals surface area contributed by atoms with Crippen LogP contribution >= 0.6 is 0 Å². The Hall–Kier alpha value is -4.59. The summed E-state index contributed by atoms with van der Waals surface area (Å²) in [4.78, 5) is 30.3. The van der Waals surface area contributed by atoms with E-state index in [0.717, 1.165) is 22.6 Å². The molecule has 4 aromatic rings. The van der Waals surface area contributed by atoms with E-state index < -0.39 is 5.97 Å². The number of hydrogen-bond donors (Lipinski definition) is 2. The van der Waals surface area contributed by atoms with E-state index in [1.54, 1.807) is 24.5 Å². The highest BCUT2D eigenvalue weighted by molar-refractivity contribution is 5.92. The maximum atomic E-state index is 12.3. The molecule has 2 N–H and O–H groups in total. The number of ether oxygens (including phenoxy) is 1. The van der Waals surface area contributed by atoms with Crippen LogP contribution in [-0.4, -0.2) is 45.7 Å². The molecule has 0 spiro atoms. The maximum Gasteiger partial charge on any atom is 0.336 e. The Bertz CT molecular complexity index is 1330. The lowest BCUT2D eigenvalue weighted by Gasteiger charge is -2.41. The van der Waals surface area contributed by atoms with Gasteiger partial charge in [0.1, 0.15) is 11.9 Å². The van der Waals surface area contributed by atoms with Crippen molar-refractivity contribution in [1.82, 2.24) is 9.55 Å². The summed E-state index contributed by atoms with van der Waals surface area (Å²) in [5.74, 6) is -0.317. The Morgan fingerprint density at radius 3 is 2.47 bits per heavy atom. The molecule has 36 heavy (non-hydrogen) atoms. The highest BCUT2D eigenvalue weighted by Gasteiger charge is 2.31. The molecule has 1 fully saturated rings. The molecule has 0 radical (unpaired) electrons. The van der Waals surface area contributed by atoms with Crippen LogP contribution in [0.25, 0.3) is 0 Å². The van der Waals surface area contributed by atoms with Gasteiger partial charge in [-0.05, 0) is 60.2 Å². The quantitative estimate of drug-likeness (QED) is 0.373. The van der Waals surface area contributed by atoms with Crippen molar-refractivity contribution in [3.8, 4) is 5.75 Å². The summed E-state index contributed by atoms with van der Waals surface area (Å²) in [6.45, 7) is 1.80. The average molecular weight is 483 g/mol. The van der Waals surface area contributed by atoms with Gasteiger partial charge in [-0.3, -0.25) is 9.78 Å². The first-order valence-corrected chi connectivity index (χ1v) is 11.7. The van der Waals surface area contributed by atoms with Gasteiger partial charge < -0.3 is 24.6 Å². The third kappa shape index (κ3) is 5.38.